The summed E-state index contributed by atoms with van der Waals surface area (Å²) in [6.07, 6.45) is 2.33. The van der Waals surface area contributed by atoms with Crippen LogP contribution in [-0.2, 0) is 9.53 Å². The molecule has 0 saturated carbocycles. The summed E-state index contributed by atoms with van der Waals surface area (Å²) in [5.74, 6) is -0.294. The Morgan fingerprint density at radius 2 is 2.40 bits per heavy atom. The number of carbonyl (C=O) groups is 1. The molecule has 20 heavy (non-hydrogen) atoms. The molecule has 2 atom stereocenters. The van der Waals surface area contributed by atoms with Gasteiger partial charge in [0.25, 0.3) is 0 Å². The minimum absolute atomic E-state index is 0.0230. The molecule has 1 amide bonds. The van der Waals surface area contributed by atoms with Gasteiger partial charge in [-0.1, -0.05) is 6.07 Å². The highest BCUT2D eigenvalue weighted by atomic mass is 19.1. The van der Waals surface area contributed by atoms with E-state index in [0.717, 1.165) is 19.4 Å². The third-order valence-electron chi connectivity index (χ3n) is 3.49. The molecule has 0 bridgehead atoms. The van der Waals surface area contributed by atoms with Crippen LogP contribution in [0.2, 0.25) is 0 Å². The molecule has 0 spiro atoms. The Labute approximate surface area is 118 Å². The van der Waals surface area contributed by atoms with E-state index < -0.39 is 5.82 Å². The van der Waals surface area contributed by atoms with Gasteiger partial charge >= 0.3 is 0 Å². The van der Waals surface area contributed by atoms with E-state index in [1.807, 2.05) is 6.92 Å². The molecule has 1 aromatic rings. The van der Waals surface area contributed by atoms with E-state index >= 15 is 0 Å². The van der Waals surface area contributed by atoms with Gasteiger partial charge in [-0.15, -0.1) is 0 Å². The maximum Gasteiger partial charge on any atom is 0.223 e. The van der Waals surface area contributed by atoms with Crippen molar-refractivity contribution in [2.24, 2.45) is 0 Å². The summed E-state index contributed by atoms with van der Waals surface area (Å²) in [5, 5.41) is 2.86. The molecule has 0 aromatic heterocycles. The van der Waals surface area contributed by atoms with Gasteiger partial charge in [-0.2, -0.15) is 0 Å². The van der Waals surface area contributed by atoms with Crippen LogP contribution in [0.15, 0.2) is 18.2 Å². The Morgan fingerprint density at radius 1 is 1.60 bits per heavy atom. The summed E-state index contributed by atoms with van der Waals surface area (Å²) in [6.45, 7) is 2.56. The van der Waals surface area contributed by atoms with Crippen molar-refractivity contribution in [3.8, 4) is 5.75 Å². The van der Waals surface area contributed by atoms with E-state index in [9.17, 15) is 9.18 Å². The van der Waals surface area contributed by atoms with E-state index in [4.69, 9.17) is 9.47 Å². The van der Waals surface area contributed by atoms with Crippen molar-refractivity contribution in [2.45, 2.75) is 38.3 Å². The smallest absolute Gasteiger partial charge is 0.223 e. The number of methoxy groups -OCH3 is 1. The quantitative estimate of drug-likeness (QED) is 0.902. The number of ether oxygens (including phenoxy) is 2. The van der Waals surface area contributed by atoms with Crippen LogP contribution in [0.4, 0.5) is 4.39 Å². The largest absolute Gasteiger partial charge is 0.494 e. The van der Waals surface area contributed by atoms with Gasteiger partial charge in [0.05, 0.1) is 25.7 Å². The lowest BCUT2D eigenvalue weighted by molar-refractivity contribution is -0.123. The number of halogens is 1. The van der Waals surface area contributed by atoms with Gasteiger partial charge < -0.3 is 14.8 Å². The average Bonchev–Trinajstić information content (AvgIpc) is 2.91. The number of carbonyl (C=O) groups excluding carboxylic acids is 1. The third kappa shape index (κ3) is 3.70. The molecule has 0 aliphatic carbocycles. The minimum atomic E-state index is -0.426. The first-order valence-corrected chi connectivity index (χ1v) is 6.84. The molecular weight excluding hydrogens is 261 g/mol. The Hall–Kier alpha value is -1.62. The monoisotopic (exact) mass is 281 g/mol. The van der Waals surface area contributed by atoms with E-state index in [-0.39, 0.29) is 23.8 Å². The zero-order valence-electron chi connectivity index (χ0n) is 11.8. The van der Waals surface area contributed by atoms with Crippen LogP contribution in [0.25, 0.3) is 0 Å². The van der Waals surface area contributed by atoms with Gasteiger partial charge in [0.2, 0.25) is 5.91 Å². The zero-order chi connectivity index (χ0) is 14.5. The molecule has 1 N–H and O–H groups in total. The van der Waals surface area contributed by atoms with Crippen LogP contribution < -0.4 is 10.1 Å². The second kappa shape index (κ2) is 6.70. The van der Waals surface area contributed by atoms with Crippen molar-refractivity contribution in [3.63, 3.8) is 0 Å². The molecule has 1 aliphatic rings. The first-order chi connectivity index (χ1) is 9.60. The molecular formula is C15H20FNO3. The number of hydrogen-bond acceptors (Lipinski definition) is 3. The molecule has 1 aliphatic heterocycles. The Kier molecular flexibility index (Phi) is 4.95. The Balaban J connectivity index is 1.91. The molecule has 1 heterocycles. The van der Waals surface area contributed by atoms with Crippen molar-refractivity contribution < 1.29 is 18.7 Å². The molecule has 2 rings (SSSR count). The molecule has 0 radical (unpaired) electrons. The number of hydrogen-bond donors (Lipinski definition) is 1. The molecule has 1 fully saturated rings. The predicted octanol–water partition coefficient (Wildman–Crippen LogP) is 2.58. The maximum atomic E-state index is 13.6. The highest BCUT2D eigenvalue weighted by molar-refractivity contribution is 5.77. The molecule has 5 heteroatoms. The number of amides is 1. The first-order valence-electron chi connectivity index (χ1n) is 6.84. The number of benzene rings is 1. The van der Waals surface area contributed by atoms with Gasteiger partial charge in [-0.05, 0) is 37.5 Å². The zero-order valence-corrected chi connectivity index (χ0v) is 11.8. The summed E-state index contributed by atoms with van der Waals surface area (Å²) in [7, 11) is 1.42. The fourth-order valence-electron chi connectivity index (χ4n) is 2.35. The SMILES string of the molecule is COc1ccc([C@H](C)NC(=O)C[C@@H]2CCCO2)cc1F. The average molecular weight is 281 g/mol. The van der Waals surface area contributed by atoms with Crippen LogP contribution in [0, 0.1) is 5.82 Å². The van der Waals surface area contributed by atoms with Gasteiger partial charge in [-0.25, -0.2) is 4.39 Å². The fourth-order valence-corrected chi connectivity index (χ4v) is 2.35. The maximum absolute atomic E-state index is 13.6. The van der Waals surface area contributed by atoms with Crippen LogP contribution >= 0.6 is 0 Å². The fraction of sp³-hybridized carbons (Fsp3) is 0.533. The van der Waals surface area contributed by atoms with E-state index in [1.165, 1.54) is 13.2 Å². The molecule has 1 saturated heterocycles. The van der Waals surface area contributed by atoms with E-state index in [1.54, 1.807) is 12.1 Å². The van der Waals surface area contributed by atoms with Crippen LogP contribution in [-0.4, -0.2) is 25.7 Å². The molecule has 1 aromatic carbocycles. The summed E-state index contributed by atoms with van der Waals surface area (Å²) >= 11 is 0. The second-order valence-electron chi connectivity index (χ2n) is 5.02. The van der Waals surface area contributed by atoms with Crippen LogP contribution in [0.5, 0.6) is 5.75 Å². The van der Waals surface area contributed by atoms with Gasteiger partial charge in [0.1, 0.15) is 0 Å². The van der Waals surface area contributed by atoms with E-state index in [0.29, 0.717) is 12.0 Å². The van der Waals surface area contributed by atoms with Gasteiger partial charge in [0, 0.05) is 6.61 Å². The van der Waals surface area contributed by atoms with Crippen molar-refractivity contribution in [1.82, 2.24) is 5.32 Å². The number of rotatable bonds is 5. The first kappa shape index (κ1) is 14.8. The van der Waals surface area contributed by atoms with Crippen molar-refractivity contribution in [1.29, 1.82) is 0 Å². The van der Waals surface area contributed by atoms with Crippen molar-refractivity contribution >= 4 is 5.91 Å². The Bertz CT molecular complexity index is 472. The lowest BCUT2D eigenvalue weighted by Gasteiger charge is -2.16. The third-order valence-corrected chi connectivity index (χ3v) is 3.49. The van der Waals surface area contributed by atoms with Crippen molar-refractivity contribution in [2.75, 3.05) is 13.7 Å². The molecule has 0 unspecified atom stereocenters. The second-order valence-corrected chi connectivity index (χ2v) is 5.02. The summed E-state index contributed by atoms with van der Waals surface area (Å²) < 4.78 is 23.9. The lowest BCUT2D eigenvalue weighted by Crippen LogP contribution is -2.29. The van der Waals surface area contributed by atoms with Gasteiger partial charge in [-0.3, -0.25) is 4.79 Å². The topological polar surface area (TPSA) is 47.6 Å². The normalized spacial score (nSPS) is 19.6. The minimum Gasteiger partial charge on any atom is -0.494 e. The van der Waals surface area contributed by atoms with E-state index in [2.05, 4.69) is 5.32 Å². The number of nitrogens with one attached hydrogen (secondary N) is 1. The lowest BCUT2D eigenvalue weighted by atomic mass is 10.1. The summed E-state index contributed by atoms with van der Waals surface area (Å²) in [5.41, 5.74) is 0.712. The van der Waals surface area contributed by atoms with Gasteiger partial charge in [0.15, 0.2) is 11.6 Å². The molecule has 4 nitrogen and oxygen atoms in total. The van der Waals surface area contributed by atoms with Crippen molar-refractivity contribution in [3.05, 3.63) is 29.6 Å². The molecule has 110 valence electrons. The van der Waals surface area contributed by atoms with Crippen LogP contribution in [0.3, 0.4) is 0 Å². The van der Waals surface area contributed by atoms with Crippen LogP contribution in [0.1, 0.15) is 37.8 Å². The summed E-state index contributed by atoms with van der Waals surface area (Å²) in [6, 6.07) is 4.45. The highest BCUT2D eigenvalue weighted by Gasteiger charge is 2.20. The Morgan fingerprint density at radius 3 is 3.00 bits per heavy atom. The highest BCUT2D eigenvalue weighted by Crippen LogP contribution is 2.22. The predicted molar refractivity (Wildman–Crippen MR) is 73.1 cm³/mol. The summed E-state index contributed by atoms with van der Waals surface area (Å²) in [4.78, 5) is 11.9. The standard InChI is InChI=1S/C15H20FNO3/c1-10(11-5-6-14(19-2)13(16)8-11)17-15(18)9-12-4-3-7-20-12/h5-6,8,10,12H,3-4,7,9H2,1-2H3,(H,17,18)/t10-,12-/m0/s1.